The van der Waals surface area contributed by atoms with Crippen molar-refractivity contribution in [1.82, 2.24) is 4.90 Å². The van der Waals surface area contributed by atoms with Gasteiger partial charge in [0, 0.05) is 24.7 Å². The number of amides is 1. The Labute approximate surface area is 133 Å². The highest BCUT2D eigenvalue weighted by atomic mass is 79.9. The second kappa shape index (κ2) is 7.38. The zero-order valence-electron chi connectivity index (χ0n) is 11.3. The number of carbonyl (C=O) groups is 1. The molecule has 1 fully saturated rings. The van der Waals surface area contributed by atoms with Gasteiger partial charge in [0.25, 0.3) is 5.91 Å². The van der Waals surface area contributed by atoms with Crippen molar-refractivity contribution in [1.29, 1.82) is 0 Å². The molecule has 20 heavy (non-hydrogen) atoms. The Morgan fingerprint density at radius 1 is 1.45 bits per heavy atom. The largest absolute Gasteiger partial charge is 0.339 e. The van der Waals surface area contributed by atoms with E-state index in [0.717, 1.165) is 25.9 Å². The predicted octanol–water partition coefficient (Wildman–Crippen LogP) is 3.21. The Bertz CT molecular complexity index is 476. The summed E-state index contributed by atoms with van der Waals surface area (Å²) in [4.78, 5) is 14.1. The fraction of sp³-hybridized carbons (Fsp3) is 0.500. The van der Waals surface area contributed by atoms with Crippen LogP contribution in [-0.2, 0) is 0 Å². The van der Waals surface area contributed by atoms with Gasteiger partial charge >= 0.3 is 0 Å². The van der Waals surface area contributed by atoms with Crippen LogP contribution in [0.3, 0.4) is 0 Å². The molecule has 1 aliphatic heterocycles. The van der Waals surface area contributed by atoms with Crippen LogP contribution < -0.4 is 5.73 Å². The molecule has 0 aliphatic carbocycles. The third kappa shape index (κ3) is 3.93. The maximum absolute atomic E-state index is 13.2. The van der Waals surface area contributed by atoms with Crippen molar-refractivity contribution in [3.8, 4) is 0 Å². The molecule has 1 heterocycles. The van der Waals surface area contributed by atoms with Gasteiger partial charge in [-0.1, -0.05) is 0 Å². The first-order valence-corrected chi connectivity index (χ1v) is 7.28. The van der Waals surface area contributed by atoms with Crippen LogP contribution in [0.15, 0.2) is 22.7 Å². The van der Waals surface area contributed by atoms with Crippen LogP contribution in [0.4, 0.5) is 4.39 Å². The molecular weight excluding hydrogens is 347 g/mol. The number of halogens is 3. The molecule has 1 amide bonds. The maximum Gasteiger partial charge on any atom is 0.253 e. The van der Waals surface area contributed by atoms with Gasteiger partial charge in [-0.2, -0.15) is 0 Å². The fourth-order valence-corrected chi connectivity index (χ4v) is 2.82. The number of carbonyl (C=O) groups excluding carboxylic acids is 1. The number of benzene rings is 1. The standard InChI is InChI=1S/C14H18BrFN2O.ClH/c1-9(17)10-4-6-18(7-5-10)14(19)11-2-3-13(16)12(15)8-11;/h2-3,8-10H,4-7,17H2,1H3;1H. The summed E-state index contributed by atoms with van der Waals surface area (Å²) >= 11 is 3.10. The smallest absolute Gasteiger partial charge is 0.253 e. The number of nitrogens with two attached hydrogens (primary N) is 1. The van der Waals surface area contributed by atoms with Crippen LogP contribution in [0.5, 0.6) is 0 Å². The van der Waals surface area contributed by atoms with Crippen molar-refractivity contribution in [2.75, 3.05) is 13.1 Å². The molecule has 0 spiro atoms. The fourth-order valence-electron chi connectivity index (χ4n) is 2.44. The normalized spacial score (nSPS) is 17.5. The zero-order chi connectivity index (χ0) is 14.0. The SMILES string of the molecule is CC(N)C1CCN(C(=O)c2ccc(F)c(Br)c2)CC1.Cl. The molecule has 1 saturated heterocycles. The van der Waals surface area contributed by atoms with E-state index in [1.165, 1.54) is 18.2 Å². The summed E-state index contributed by atoms with van der Waals surface area (Å²) in [5.74, 6) is 0.0973. The molecule has 2 rings (SSSR count). The third-order valence-corrected chi connectivity index (χ3v) is 4.34. The summed E-state index contributed by atoms with van der Waals surface area (Å²) in [5, 5.41) is 0. The first kappa shape index (κ1) is 17.4. The first-order valence-electron chi connectivity index (χ1n) is 6.49. The van der Waals surface area contributed by atoms with Crippen LogP contribution in [0, 0.1) is 11.7 Å². The summed E-state index contributed by atoms with van der Waals surface area (Å²) in [6.07, 6.45) is 1.87. The minimum Gasteiger partial charge on any atom is -0.339 e. The summed E-state index contributed by atoms with van der Waals surface area (Å²) in [7, 11) is 0. The van der Waals surface area contributed by atoms with E-state index in [1.54, 1.807) is 0 Å². The average Bonchev–Trinajstić information content (AvgIpc) is 2.41. The number of rotatable bonds is 2. The van der Waals surface area contributed by atoms with E-state index < -0.39 is 0 Å². The highest BCUT2D eigenvalue weighted by molar-refractivity contribution is 9.10. The van der Waals surface area contributed by atoms with E-state index in [-0.39, 0.29) is 30.2 Å². The quantitative estimate of drug-likeness (QED) is 0.875. The number of nitrogens with zero attached hydrogens (tertiary/aromatic N) is 1. The Balaban J connectivity index is 0.00000200. The molecule has 0 bridgehead atoms. The monoisotopic (exact) mass is 364 g/mol. The van der Waals surface area contributed by atoms with E-state index in [0.29, 0.717) is 16.0 Å². The van der Waals surface area contributed by atoms with E-state index in [9.17, 15) is 9.18 Å². The predicted molar refractivity (Wildman–Crippen MR) is 83.6 cm³/mol. The second-order valence-corrected chi connectivity index (χ2v) is 5.97. The molecule has 1 aromatic rings. The lowest BCUT2D eigenvalue weighted by Crippen LogP contribution is -2.42. The second-order valence-electron chi connectivity index (χ2n) is 5.12. The van der Waals surface area contributed by atoms with E-state index in [2.05, 4.69) is 15.9 Å². The first-order chi connectivity index (χ1) is 8.99. The Kier molecular flexibility index (Phi) is 6.43. The minimum atomic E-state index is -0.354. The van der Waals surface area contributed by atoms with Gasteiger partial charge < -0.3 is 10.6 Å². The van der Waals surface area contributed by atoms with Gasteiger partial charge in [0.1, 0.15) is 5.82 Å². The lowest BCUT2D eigenvalue weighted by molar-refractivity contribution is 0.0681. The lowest BCUT2D eigenvalue weighted by atomic mass is 9.90. The van der Waals surface area contributed by atoms with Crippen molar-refractivity contribution in [2.45, 2.75) is 25.8 Å². The highest BCUT2D eigenvalue weighted by Crippen LogP contribution is 2.23. The average molecular weight is 366 g/mol. The highest BCUT2D eigenvalue weighted by Gasteiger charge is 2.25. The molecule has 0 aromatic heterocycles. The van der Waals surface area contributed by atoms with Crippen molar-refractivity contribution in [3.05, 3.63) is 34.1 Å². The Morgan fingerprint density at radius 2 is 2.05 bits per heavy atom. The summed E-state index contributed by atoms with van der Waals surface area (Å²) in [5.41, 5.74) is 6.41. The summed E-state index contributed by atoms with van der Waals surface area (Å²) < 4.78 is 13.5. The van der Waals surface area contributed by atoms with Gasteiger partial charge in [-0.05, 0) is 59.8 Å². The molecular formula is C14H19BrClFN2O. The Hall–Kier alpha value is -0.650. The lowest BCUT2D eigenvalue weighted by Gasteiger charge is -2.33. The number of hydrogen-bond donors (Lipinski definition) is 1. The molecule has 1 aromatic carbocycles. The molecule has 6 heteroatoms. The van der Waals surface area contributed by atoms with Crippen molar-refractivity contribution < 1.29 is 9.18 Å². The van der Waals surface area contributed by atoms with Crippen LogP contribution >= 0.6 is 28.3 Å². The topological polar surface area (TPSA) is 46.3 Å². The number of likely N-dealkylation sites (tertiary alicyclic amines) is 1. The molecule has 2 N–H and O–H groups in total. The zero-order valence-corrected chi connectivity index (χ0v) is 13.7. The van der Waals surface area contributed by atoms with Crippen LogP contribution in [0.2, 0.25) is 0 Å². The van der Waals surface area contributed by atoms with Crippen LogP contribution in [0.1, 0.15) is 30.1 Å². The van der Waals surface area contributed by atoms with Crippen molar-refractivity contribution in [3.63, 3.8) is 0 Å². The molecule has 0 saturated carbocycles. The minimum absolute atomic E-state index is 0. The van der Waals surface area contributed by atoms with E-state index in [1.807, 2.05) is 11.8 Å². The van der Waals surface area contributed by atoms with Gasteiger partial charge in [-0.25, -0.2) is 4.39 Å². The van der Waals surface area contributed by atoms with Gasteiger partial charge in [0.05, 0.1) is 4.47 Å². The summed E-state index contributed by atoms with van der Waals surface area (Å²) in [6, 6.07) is 4.55. The molecule has 1 aliphatic rings. The van der Waals surface area contributed by atoms with Crippen molar-refractivity contribution >= 4 is 34.2 Å². The van der Waals surface area contributed by atoms with Crippen molar-refractivity contribution in [2.24, 2.45) is 11.7 Å². The van der Waals surface area contributed by atoms with E-state index >= 15 is 0 Å². The van der Waals surface area contributed by atoms with E-state index in [4.69, 9.17) is 5.73 Å². The number of piperidine rings is 1. The Morgan fingerprint density at radius 3 is 2.55 bits per heavy atom. The van der Waals surface area contributed by atoms with Crippen LogP contribution in [0.25, 0.3) is 0 Å². The molecule has 3 nitrogen and oxygen atoms in total. The van der Waals surface area contributed by atoms with Gasteiger partial charge in [-0.3, -0.25) is 4.79 Å². The van der Waals surface area contributed by atoms with Gasteiger partial charge in [0.15, 0.2) is 0 Å². The van der Waals surface area contributed by atoms with Gasteiger partial charge in [0.2, 0.25) is 0 Å². The number of hydrogen-bond acceptors (Lipinski definition) is 2. The van der Waals surface area contributed by atoms with Crippen LogP contribution in [-0.4, -0.2) is 29.9 Å². The molecule has 112 valence electrons. The molecule has 1 unspecified atom stereocenters. The molecule has 0 radical (unpaired) electrons. The van der Waals surface area contributed by atoms with Gasteiger partial charge in [-0.15, -0.1) is 12.4 Å². The maximum atomic E-state index is 13.2. The molecule has 1 atom stereocenters. The third-order valence-electron chi connectivity index (χ3n) is 3.74. The summed E-state index contributed by atoms with van der Waals surface area (Å²) in [6.45, 7) is 3.46.